The number of aromatic hydroxyl groups is 1. The van der Waals surface area contributed by atoms with Gasteiger partial charge in [0.1, 0.15) is 5.75 Å². The van der Waals surface area contributed by atoms with Gasteiger partial charge in [0.25, 0.3) is 0 Å². The van der Waals surface area contributed by atoms with E-state index in [0.29, 0.717) is 11.3 Å². The summed E-state index contributed by atoms with van der Waals surface area (Å²) in [6.45, 7) is 1.80. The second-order valence-electron chi connectivity index (χ2n) is 2.99. The number of hydrogen-bond donors (Lipinski definition) is 3. The molecule has 0 saturated heterocycles. The number of phenolic OH excluding ortho intramolecular Hbond substituents is 1. The lowest BCUT2D eigenvalue weighted by Gasteiger charge is -2.05. The van der Waals surface area contributed by atoms with Gasteiger partial charge in [-0.05, 0) is 19.1 Å². The van der Waals surface area contributed by atoms with E-state index in [1.807, 2.05) is 6.07 Å². The smallest absolute Gasteiger partial charge is 0.122 e. The van der Waals surface area contributed by atoms with Crippen LogP contribution in [0.1, 0.15) is 12.5 Å². The highest BCUT2D eigenvalue weighted by molar-refractivity contribution is 5.59. The van der Waals surface area contributed by atoms with E-state index in [2.05, 4.69) is 0 Å². The number of phenols is 1. The fourth-order valence-corrected chi connectivity index (χ4v) is 0.921. The fourth-order valence-electron chi connectivity index (χ4n) is 0.921. The highest BCUT2D eigenvalue weighted by atomic mass is 16.3. The van der Waals surface area contributed by atoms with Crippen LogP contribution in [0.25, 0.3) is 6.08 Å². The summed E-state index contributed by atoms with van der Waals surface area (Å²) in [7, 11) is 0. The van der Waals surface area contributed by atoms with Gasteiger partial charge in [0, 0.05) is 17.3 Å². The van der Waals surface area contributed by atoms with E-state index < -0.39 is 0 Å². The maximum Gasteiger partial charge on any atom is 0.122 e. The van der Waals surface area contributed by atoms with Crippen molar-refractivity contribution in [3.05, 3.63) is 35.5 Å². The van der Waals surface area contributed by atoms with E-state index in [1.54, 1.807) is 31.2 Å². The van der Waals surface area contributed by atoms with Crippen molar-refractivity contribution in [1.82, 2.24) is 0 Å². The summed E-state index contributed by atoms with van der Waals surface area (Å²) in [5.41, 5.74) is 12.5. The van der Waals surface area contributed by atoms with Crippen LogP contribution in [-0.4, -0.2) is 11.1 Å². The van der Waals surface area contributed by atoms with Gasteiger partial charge in [-0.2, -0.15) is 0 Å². The third kappa shape index (κ3) is 2.49. The third-order valence-corrected chi connectivity index (χ3v) is 1.78. The van der Waals surface area contributed by atoms with Gasteiger partial charge in [-0.15, -0.1) is 0 Å². The largest absolute Gasteiger partial charge is 0.507 e. The monoisotopic (exact) mass is 178 g/mol. The van der Waals surface area contributed by atoms with Crippen LogP contribution in [0.2, 0.25) is 0 Å². The number of benzene rings is 1. The second kappa shape index (κ2) is 3.96. The molecule has 70 valence electrons. The van der Waals surface area contributed by atoms with Crippen molar-refractivity contribution in [2.24, 2.45) is 11.5 Å². The first kappa shape index (κ1) is 9.61. The Balaban J connectivity index is 2.97. The molecular formula is C10H14N2O. The molecule has 13 heavy (non-hydrogen) atoms. The zero-order chi connectivity index (χ0) is 9.84. The molecule has 1 atom stereocenters. The van der Waals surface area contributed by atoms with Crippen molar-refractivity contribution in [1.29, 1.82) is 0 Å². The Labute approximate surface area is 77.7 Å². The minimum atomic E-state index is -0.195. The van der Waals surface area contributed by atoms with Crippen LogP contribution in [0.3, 0.4) is 0 Å². The molecule has 0 aliphatic rings. The maximum atomic E-state index is 9.40. The summed E-state index contributed by atoms with van der Waals surface area (Å²) < 4.78 is 0. The van der Waals surface area contributed by atoms with Crippen molar-refractivity contribution in [3.63, 3.8) is 0 Å². The van der Waals surface area contributed by atoms with Crippen LogP contribution < -0.4 is 11.5 Å². The summed E-state index contributed by atoms with van der Waals surface area (Å²) >= 11 is 0. The molecule has 0 heterocycles. The Hall–Kier alpha value is -1.48. The van der Waals surface area contributed by atoms with Crippen LogP contribution in [0, 0.1) is 0 Å². The molecule has 0 aromatic heterocycles. The Kier molecular flexibility index (Phi) is 2.93. The molecule has 1 unspecified atom stereocenters. The van der Waals surface area contributed by atoms with Crippen molar-refractivity contribution >= 4 is 6.08 Å². The Morgan fingerprint density at radius 2 is 2.08 bits per heavy atom. The van der Waals surface area contributed by atoms with Gasteiger partial charge < -0.3 is 16.6 Å². The molecule has 0 saturated carbocycles. The zero-order valence-corrected chi connectivity index (χ0v) is 7.57. The minimum absolute atomic E-state index is 0.195. The van der Waals surface area contributed by atoms with Gasteiger partial charge in [-0.3, -0.25) is 0 Å². The molecule has 0 spiro atoms. The van der Waals surface area contributed by atoms with E-state index in [0.717, 1.165) is 0 Å². The summed E-state index contributed by atoms with van der Waals surface area (Å²) in [5.74, 6) is 0.214. The minimum Gasteiger partial charge on any atom is -0.507 e. The molecule has 0 fully saturated rings. The molecule has 5 N–H and O–H groups in total. The Morgan fingerprint density at radius 1 is 1.46 bits per heavy atom. The second-order valence-corrected chi connectivity index (χ2v) is 2.99. The lowest BCUT2D eigenvalue weighted by atomic mass is 10.1. The molecule has 1 aromatic carbocycles. The average molecular weight is 178 g/mol. The quantitative estimate of drug-likeness (QED) is 0.633. The molecule has 0 aliphatic heterocycles. The summed E-state index contributed by atoms with van der Waals surface area (Å²) in [6.07, 6.45) is 1.68. The van der Waals surface area contributed by atoms with Crippen molar-refractivity contribution < 1.29 is 5.11 Å². The molecule has 3 nitrogen and oxygen atoms in total. The Bertz CT molecular complexity index is 318. The van der Waals surface area contributed by atoms with Gasteiger partial charge in [-0.25, -0.2) is 0 Å². The highest BCUT2D eigenvalue weighted by Crippen LogP contribution is 2.18. The molecule has 0 amide bonds. The van der Waals surface area contributed by atoms with Crippen molar-refractivity contribution in [2.45, 2.75) is 13.0 Å². The number of hydrogen-bond acceptors (Lipinski definition) is 3. The lowest BCUT2D eigenvalue weighted by molar-refractivity contribution is 0.474. The first-order chi connectivity index (χ1) is 6.11. The van der Waals surface area contributed by atoms with E-state index >= 15 is 0 Å². The van der Waals surface area contributed by atoms with Crippen LogP contribution in [0.5, 0.6) is 5.75 Å². The van der Waals surface area contributed by atoms with E-state index in [1.165, 1.54) is 0 Å². The first-order valence-corrected chi connectivity index (χ1v) is 4.12. The van der Waals surface area contributed by atoms with Crippen molar-refractivity contribution in [3.8, 4) is 5.75 Å². The van der Waals surface area contributed by atoms with Gasteiger partial charge in [0.05, 0.1) is 0 Å². The number of nitrogens with two attached hydrogens (primary N) is 2. The zero-order valence-electron chi connectivity index (χ0n) is 7.57. The molecule has 1 rings (SSSR count). The van der Waals surface area contributed by atoms with Crippen LogP contribution in [-0.2, 0) is 0 Å². The summed E-state index contributed by atoms with van der Waals surface area (Å²) in [5, 5.41) is 9.40. The summed E-state index contributed by atoms with van der Waals surface area (Å²) in [4.78, 5) is 0. The maximum absolute atomic E-state index is 9.40. The third-order valence-electron chi connectivity index (χ3n) is 1.78. The topological polar surface area (TPSA) is 72.3 Å². The molecule has 0 radical (unpaired) electrons. The normalized spacial score (nSPS) is 14.2. The molecular weight excluding hydrogens is 164 g/mol. The van der Waals surface area contributed by atoms with Crippen LogP contribution in [0.15, 0.2) is 30.0 Å². The molecule has 0 aliphatic carbocycles. The van der Waals surface area contributed by atoms with Gasteiger partial charge >= 0.3 is 0 Å². The van der Waals surface area contributed by atoms with E-state index in [-0.39, 0.29) is 11.8 Å². The van der Waals surface area contributed by atoms with Crippen LogP contribution >= 0.6 is 0 Å². The highest BCUT2D eigenvalue weighted by Gasteiger charge is 2.00. The van der Waals surface area contributed by atoms with Crippen LogP contribution in [0.4, 0.5) is 0 Å². The predicted octanol–water partition coefficient (Wildman–Crippen LogP) is 1.04. The van der Waals surface area contributed by atoms with E-state index in [9.17, 15) is 5.11 Å². The standard InChI is InChI=1S/C10H14N2O/c1-7(11)9(12)6-8-4-2-3-5-10(8)13/h2-7,13H,11-12H2,1H3/b9-6+. The number of rotatable bonds is 2. The summed E-state index contributed by atoms with van der Waals surface area (Å²) in [6, 6.07) is 6.79. The Morgan fingerprint density at radius 3 is 2.62 bits per heavy atom. The lowest BCUT2D eigenvalue weighted by Crippen LogP contribution is -2.23. The first-order valence-electron chi connectivity index (χ1n) is 4.12. The van der Waals surface area contributed by atoms with Crippen molar-refractivity contribution in [2.75, 3.05) is 0 Å². The van der Waals surface area contributed by atoms with Gasteiger partial charge in [0.15, 0.2) is 0 Å². The average Bonchev–Trinajstić information content (AvgIpc) is 2.08. The molecule has 0 bridgehead atoms. The fraction of sp³-hybridized carbons (Fsp3) is 0.200. The SMILES string of the molecule is CC(N)/C(N)=C\c1ccccc1O. The molecule has 1 aromatic rings. The number of para-hydroxylation sites is 1. The predicted molar refractivity (Wildman–Crippen MR) is 53.9 cm³/mol. The van der Waals surface area contributed by atoms with Gasteiger partial charge in [0.2, 0.25) is 0 Å². The van der Waals surface area contributed by atoms with Gasteiger partial charge in [-0.1, -0.05) is 18.2 Å². The van der Waals surface area contributed by atoms with E-state index in [4.69, 9.17) is 11.5 Å². The molecule has 3 heteroatoms.